The molecular formula is C25H27F4N5O7S2. The Morgan fingerprint density at radius 1 is 1.02 bits per heavy atom. The molecule has 0 fully saturated rings. The number of nitrogens with zero attached hydrogens (tertiary/aromatic N) is 3. The molecule has 2 aliphatic heterocycles. The first-order chi connectivity index (χ1) is 19.7. The van der Waals surface area contributed by atoms with E-state index in [1.165, 1.54) is 4.90 Å². The summed E-state index contributed by atoms with van der Waals surface area (Å²) in [6.45, 7) is 3.75. The second kappa shape index (κ2) is 11.1. The minimum absolute atomic E-state index is 0.0267. The number of pyridine rings is 1. The van der Waals surface area contributed by atoms with Gasteiger partial charge in [0.1, 0.15) is 23.0 Å². The summed E-state index contributed by atoms with van der Waals surface area (Å²) in [5.41, 5.74) is -1.31. The van der Waals surface area contributed by atoms with Gasteiger partial charge in [0, 0.05) is 37.8 Å². The van der Waals surface area contributed by atoms with Gasteiger partial charge in [-0.15, -0.1) is 0 Å². The molecule has 0 radical (unpaired) electrons. The summed E-state index contributed by atoms with van der Waals surface area (Å²) in [5, 5.41) is 7.36. The number of carbonyl (C=O) groups excluding carboxylic acids is 2. The van der Waals surface area contributed by atoms with Gasteiger partial charge in [-0.3, -0.25) is 9.78 Å². The number of aromatic nitrogens is 1. The Hall–Kier alpha value is -3.61. The van der Waals surface area contributed by atoms with Crippen molar-refractivity contribution in [2.24, 2.45) is 10.6 Å². The van der Waals surface area contributed by atoms with Crippen LogP contribution in [0.25, 0.3) is 0 Å². The van der Waals surface area contributed by atoms with Gasteiger partial charge in [0.2, 0.25) is 26.0 Å². The van der Waals surface area contributed by atoms with Crippen LogP contribution in [0.15, 0.2) is 51.4 Å². The molecule has 234 valence electrons. The van der Waals surface area contributed by atoms with Gasteiger partial charge in [0.15, 0.2) is 0 Å². The third-order valence-corrected chi connectivity index (χ3v) is 9.40. The Kier molecular flexibility index (Phi) is 8.37. The van der Waals surface area contributed by atoms with Gasteiger partial charge in [0.05, 0.1) is 16.1 Å². The molecule has 2 aliphatic rings. The number of hydrogen-bond donors (Lipinski definition) is 2. The molecule has 12 nitrogen and oxygen atoms in total. The van der Waals surface area contributed by atoms with E-state index < -0.39 is 71.4 Å². The molecule has 2 amide bonds. The molecule has 0 spiro atoms. The second-order valence-electron chi connectivity index (χ2n) is 10.9. The van der Waals surface area contributed by atoms with E-state index in [0.29, 0.717) is 29.5 Å². The van der Waals surface area contributed by atoms with Gasteiger partial charge in [-0.1, -0.05) is 20.8 Å². The Labute approximate surface area is 244 Å². The van der Waals surface area contributed by atoms with E-state index in [0.717, 1.165) is 16.4 Å². The van der Waals surface area contributed by atoms with Gasteiger partial charge in [-0.2, -0.15) is 17.5 Å². The zero-order valence-corrected chi connectivity index (χ0v) is 24.7. The molecule has 0 aliphatic carbocycles. The van der Waals surface area contributed by atoms with Crippen LogP contribution in [0.1, 0.15) is 32.0 Å². The Balaban J connectivity index is 1.41. The number of rotatable bonds is 6. The topological polar surface area (TPSA) is 169 Å². The molecule has 3 heterocycles. The predicted molar refractivity (Wildman–Crippen MR) is 143 cm³/mol. The highest BCUT2D eigenvalue weighted by atomic mass is 32.2. The fourth-order valence-corrected chi connectivity index (χ4v) is 6.25. The van der Waals surface area contributed by atoms with E-state index in [-0.39, 0.29) is 37.6 Å². The monoisotopic (exact) mass is 649 g/mol. The lowest BCUT2D eigenvalue weighted by atomic mass is 9.95. The number of primary sulfonamides is 1. The quantitative estimate of drug-likeness (QED) is 0.356. The zero-order valence-electron chi connectivity index (χ0n) is 23.0. The highest BCUT2D eigenvalue weighted by Gasteiger charge is 2.39. The fraction of sp³-hybridized carbons (Fsp3) is 0.400. The molecule has 1 aromatic carbocycles. The van der Waals surface area contributed by atoms with Crippen molar-refractivity contribution in [3.63, 3.8) is 0 Å². The van der Waals surface area contributed by atoms with Crippen LogP contribution in [0, 0.1) is 11.2 Å². The second-order valence-corrected chi connectivity index (χ2v) is 14.4. The number of nitrogens with two attached hydrogens (primary N) is 1. The number of hydrogen-bond acceptors (Lipinski definition) is 8. The van der Waals surface area contributed by atoms with Gasteiger partial charge in [-0.25, -0.2) is 31.2 Å². The van der Waals surface area contributed by atoms with Crippen LogP contribution in [-0.4, -0.2) is 69.2 Å². The van der Waals surface area contributed by atoms with Crippen LogP contribution in [0.2, 0.25) is 0 Å². The van der Waals surface area contributed by atoms with Gasteiger partial charge < -0.3 is 15.0 Å². The van der Waals surface area contributed by atoms with Gasteiger partial charge in [-0.05, 0) is 35.4 Å². The summed E-state index contributed by atoms with van der Waals surface area (Å²) in [7, 11) is -8.62. The van der Waals surface area contributed by atoms with Crippen LogP contribution >= 0.6 is 0 Å². The molecule has 0 saturated carbocycles. The first-order valence-corrected chi connectivity index (χ1v) is 15.5. The molecule has 0 saturated heterocycles. The van der Waals surface area contributed by atoms with Crippen molar-refractivity contribution in [3.05, 3.63) is 58.7 Å². The predicted octanol–water partition coefficient (Wildman–Crippen LogP) is 2.82. The van der Waals surface area contributed by atoms with Crippen LogP contribution in [-0.2, 0) is 42.4 Å². The van der Waals surface area contributed by atoms with Gasteiger partial charge in [0.25, 0.3) is 0 Å². The average molecular weight is 650 g/mol. The lowest BCUT2D eigenvalue weighted by molar-refractivity contribution is -0.137. The van der Waals surface area contributed by atoms with Crippen molar-refractivity contribution in [2.45, 2.75) is 43.3 Å². The maximum absolute atomic E-state index is 14.6. The summed E-state index contributed by atoms with van der Waals surface area (Å²) in [6, 6.07) is 2.91. The Morgan fingerprint density at radius 3 is 2.14 bits per heavy atom. The standard InChI is InChI=1S/C25H27F4N5O7S2/c1-24(2,3)22(35)32-19-6-16(25(27,28)29)8-31-20(19)13-41-23(36)33-9-14-11-34(12-15(14)10-33)43(39,40)21-5-4-17(7-18(21)26)42(30,37)38/h4-8H,9-13H2,1-3H3,(H,32,35)(H2,30,37,38). The molecule has 4 rings (SSSR count). The highest BCUT2D eigenvalue weighted by Crippen LogP contribution is 2.33. The molecule has 0 atom stereocenters. The third-order valence-electron chi connectivity index (χ3n) is 6.67. The fourth-order valence-electron chi connectivity index (χ4n) is 4.25. The van der Waals surface area contributed by atoms with Crippen molar-refractivity contribution in [2.75, 3.05) is 31.5 Å². The average Bonchev–Trinajstić information content (AvgIpc) is 3.46. The normalized spacial score (nSPS) is 16.4. The lowest BCUT2D eigenvalue weighted by Crippen LogP contribution is -2.37. The van der Waals surface area contributed by atoms with Crippen molar-refractivity contribution >= 4 is 37.7 Å². The summed E-state index contributed by atoms with van der Waals surface area (Å²) >= 11 is 0. The molecule has 0 unspecified atom stereocenters. The molecule has 43 heavy (non-hydrogen) atoms. The van der Waals surface area contributed by atoms with Crippen LogP contribution in [0.4, 0.5) is 28.0 Å². The highest BCUT2D eigenvalue weighted by molar-refractivity contribution is 7.89. The molecule has 3 N–H and O–H groups in total. The van der Waals surface area contributed by atoms with Crippen LogP contribution in [0.5, 0.6) is 0 Å². The van der Waals surface area contributed by atoms with E-state index >= 15 is 0 Å². The summed E-state index contributed by atoms with van der Waals surface area (Å²) in [5.74, 6) is -1.88. The number of halogens is 4. The number of sulfonamides is 2. The van der Waals surface area contributed by atoms with Crippen molar-refractivity contribution < 1.29 is 48.7 Å². The van der Waals surface area contributed by atoms with Crippen molar-refractivity contribution in [1.29, 1.82) is 0 Å². The van der Waals surface area contributed by atoms with E-state index in [1.54, 1.807) is 20.8 Å². The molecule has 1 aromatic heterocycles. The number of benzene rings is 1. The SMILES string of the molecule is CC(C)(C)C(=O)Nc1cc(C(F)(F)F)cnc1COC(=O)N1CC2=C(C1)CN(S(=O)(=O)c1ccc(S(N)(=O)=O)cc1F)C2. The number of anilines is 1. The molecule has 0 bridgehead atoms. The minimum Gasteiger partial charge on any atom is -0.443 e. The minimum atomic E-state index is -4.73. The van der Waals surface area contributed by atoms with E-state index in [9.17, 15) is 44.0 Å². The number of ether oxygens (including phenoxy) is 1. The van der Waals surface area contributed by atoms with Crippen LogP contribution < -0.4 is 10.5 Å². The maximum atomic E-state index is 14.6. The zero-order chi connectivity index (χ0) is 32.1. The summed E-state index contributed by atoms with van der Waals surface area (Å²) in [4.78, 5) is 28.9. The van der Waals surface area contributed by atoms with Gasteiger partial charge >= 0.3 is 12.3 Å². The Bertz CT molecular complexity index is 1720. The molecular weight excluding hydrogens is 622 g/mol. The maximum Gasteiger partial charge on any atom is 0.417 e. The third kappa shape index (κ3) is 6.97. The summed E-state index contributed by atoms with van der Waals surface area (Å²) < 4.78 is 109. The number of nitrogens with one attached hydrogen (secondary N) is 1. The molecule has 2 aromatic rings. The lowest BCUT2D eigenvalue weighted by Gasteiger charge is -2.23. The number of alkyl halides is 3. The van der Waals surface area contributed by atoms with E-state index in [4.69, 9.17) is 9.88 Å². The van der Waals surface area contributed by atoms with E-state index in [1.807, 2.05) is 0 Å². The first kappa shape index (κ1) is 32.3. The smallest absolute Gasteiger partial charge is 0.417 e. The van der Waals surface area contributed by atoms with Crippen molar-refractivity contribution in [3.8, 4) is 0 Å². The first-order valence-electron chi connectivity index (χ1n) is 12.5. The van der Waals surface area contributed by atoms with Crippen LogP contribution in [0.3, 0.4) is 0 Å². The Morgan fingerprint density at radius 2 is 1.63 bits per heavy atom. The number of amides is 2. The largest absolute Gasteiger partial charge is 0.443 e. The van der Waals surface area contributed by atoms with Crippen molar-refractivity contribution in [1.82, 2.24) is 14.2 Å². The van der Waals surface area contributed by atoms with E-state index in [2.05, 4.69) is 10.3 Å². The summed E-state index contributed by atoms with van der Waals surface area (Å²) in [6.07, 6.45) is -5.03. The molecule has 18 heteroatoms. The number of carbonyl (C=O) groups is 2.